The molecule has 12 nitrogen and oxygen atoms in total. The van der Waals surface area contributed by atoms with Gasteiger partial charge in [-0.2, -0.15) is 0 Å². The van der Waals surface area contributed by atoms with Crippen molar-refractivity contribution in [2.45, 2.75) is 19.4 Å². The van der Waals surface area contributed by atoms with E-state index in [1.54, 1.807) is 0 Å². The highest BCUT2D eigenvalue weighted by molar-refractivity contribution is 6.06. The highest BCUT2D eigenvalue weighted by Crippen LogP contribution is 2.25. The van der Waals surface area contributed by atoms with Gasteiger partial charge in [-0.3, -0.25) is 19.4 Å². The van der Waals surface area contributed by atoms with Gasteiger partial charge < -0.3 is 20.4 Å². The number of rotatable bonds is 4. The number of urea groups is 2. The standard InChI is InChI=1S/C7H12N2O4.C5H8N2O4/c1-7(2)5(12)8(3-10)6(13)9(7)4-11;8-2-6-1-4(10)7(3-9)5(6)11/h10-11H,3-4H2,1-2H3;8-9H,1-3H2. The minimum absolute atomic E-state index is 0.157. The number of imide groups is 2. The Bertz CT molecular complexity index is 537. The fraction of sp³-hybridized carbons (Fsp3) is 0.667. The molecule has 0 spiro atoms. The molecular weight excluding hydrogens is 328 g/mol. The van der Waals surface area contributed by atoms with Crippen molar-refractivity contribution < 1.29 is 39.6 Å². The third-order valence-electron chi connectivity index (χ3n) is 3.63. The fourth-order valence-corrected chi connectivity index (χ4v) is 2.12. The molecule has 0 aromatic rings. The molecule has 0 unspecified atom stereocenters. The van der Waals surface area contributed by atoms with Crippen LogP contribution in [0.3, 0.4) is 0 Å². The van der Waals surface area contributed by atoms with Crippen LogP contribution in [0, 0.1) is 0 Å². The Labute approximate surface area is 137 Å². The average molecular weight is 348 g/mol. The molecule has 2 aliphatic heterocycles. The van der Waals surface area contributed by atoms with Crippen LogP contribution in [0.1, 0.15) is 13.8 Å². The molecule has 2 aliphatic rings. The number of amides is 6. The van der Waals surface area contributed by atoms with Gasteiger partial charge in [0.1, 0.15) is 39.0 Å². The zero-order chi connectivity index (χ0) is 18.7. The summed E-state index contributed by atoms with van der Waals surface area (Å²) in [5, 5.41) is 34.6. The van der Waals surface area contributed by atoms with Gasteiger partial charge in [0.05, 0.1) is 0 Å². The zero-order valence-corrected chi connectivity index (χ0v) is 13.2. The lowest BCUT2D eigenvalue weighted by atomic mass is 10.1. The molecule has 0 atom stereocenters. The predicted octanol–water partition coefficient (Wildman–Crippen LogP) is -2.92. The molecule has 6 amide bonds. The van der Waals surface area contributed by atoms with E-state index in [9.17, 15) is 19.2 Å². The second-order valence-electron chi connectivity index (χ2n) is 5.37. The lowest BCUT2D eigenvalue weighted by molar-refractivity contribution is -0.134. The van der Waals surface area contributed by atoms with Crippen LogP contribution in [0.4, 0.5) is 9.59 Å². The summed E-state index contributed by atoms with van der Waals surface area (Å²) in [7, 11) is 0. The number of nitrogens with zero attached hydrogens (tertiary/aromatic N) is 4. The van der Waals surface area contributed by atoms with Crippen LogP contribution in [0.25, 0.3) is 0 Å². The maximum Gasteiger partial charge on any atom is 0.331 e. The van der Waals surface area contributed by atoms with E-state index in [0.29, 0.717) is 9.80 Å². The van der Waals surface area contributed by atoms with Crippen LogP contribution in [-0.4, -0.2) is 103 Å². The van der Waals surface area contributed by atoms with Gasteiger partial charge in [0.2, 0.25) is 0 Å². The summed E-state index contributed by atoms with van der Waals surface area (Å²) in [6, 6.07) is -1.32. The van der Waals surface area contributed by atoms with E-state index in [4.69, 9.17) is 20.4 Å². The number of hydrogen-bond acceptors (Lipinski definition) is 8. The van der Waals surface area contributed by atoms with E-state index < -0.39 is 56.3 Å². The number of aliphatic hydroxyl groups excluding tert-OH is 4. The Kier molecular flexibility index (Phi) is 6.20. The molecule has 2 fully saturated rings. The first-order valence-electron chi connectivity index (χ1n) is 6.83. The molecular formula is C12H20N4O8. The van der Waals surface area contributed by atoms with Crippen LogP contribution in [-0.2, 0) is 9.59 Å². The molecule has 0 radical (unpaired) electrons. The summed E-state index contributed by atoms with van der Waals surface area (Å²) in [5.41, 5.74) is -1.07. The Balaban J connectivity index is 0.000000243. The summed E-state index contributed by atoms with van der Waals surface area (Å²) in [5.74, 6) is -0.999. The van der Waals surface area contributed by atoms with Crippen LogP contribution >= 0.6 is 0 Å². The molecule has 0 aliphatic carbocycles. The normalized spacial score (nSPS) is 20.1. The minimum atomic E-state index is -1.07. The monoisotopic (exact) mass is 348 g/mol. The number of carbonyl (C=O) groups is 4. The molecule has 0 aromatic carbocycles. The molecule has 2 saturated heterocycles. The van der Waals surface area contributed by atoms with Crippen molar-refractivity contribution >= 4 is 23.9 Å². The largest absolute Gasteiger partial charge is 0.376 e. The second kappa shape index (κ2) is 7.53. The van der Waals surface area contributed by atoms with Crippen molar-refractivity contribution in [3.8, 4) is 0 Å². The van der Waals surface area contributed by atoms with Gasteiger partial charge in [0, 0.05) is 0 Å². The SMILES string of the molecule is CC1(C)C(=O)N(CO)C(=O)N1CO.O=C1CN(CO)C(=O)N1CO. The number of carbonyl (C=O) groups excluding carboxylic acids is 4. The van der Waals surface area contributed by atoms with E-state index in [1.807, 2.05) is 0 Å². The molecule has 4 N–H and O–H groups in total. The first-order chi connectivity index (χ1) is 11.2. The van der Waals surface area contributed by atoms with E-state index in [-0.39, 0.29) is 6.54 Å². The third kappa shape index (κ3) is 3.31. The summed E-state index contributed by atoms with van der Waals surface area (Å²) in [4.78, 5) is 47.7. The molecule has 0 bridgehead atoms. The molecule has 2 heterocycles. The van der Waals surface area contributed by atoms with Gasteiger partial charge in [-0.25, -0.2) is 19.4 Å². The number of hydrogen-bond donors (Lipinski definition) is 4. The maximum absolute atomic E-state index is 11.4. The quantitative estimate of drug-likeness (QED) is 0.393. The van der Waals surface area contributed by atoms with Crippen LogP contribution in [0.15, 0.2) is 0 Å². The van der Waals surface area contributed by atoms with Crippen molar-refractivity contribution in [2.24, 2.45) is 0 Å². The molecule has 0 saturated carbocycles. The smallest absolute Gasteiger partial charge is 0.331 e. The minimum Gasteiger partial charge on any atom is -0.376 e. The highest BCUT2D eigenvalue weighted by atomic mass is 16.3. The van der Waals surface area contributed by atoms with Gasteiger partial charge in [-0.05, 0) is 13.8 Å². The summed E-state index contributed by atoms with van der Waals surface area (Å²) in [6.07, 6.45) is 0. The van der Waals surface area contributed by atoms with Crippen LogP contribution in [0.5, 0.6) is 0 Å². The van der Waals surface area contributed by atoms with Gasteiger partial charge >= 0.3 is 12.1 Å². The fourth-order valence-electron chi connectivity index (χ4n) is 2.12. The predicted molar refractivity (Wildman–Crippen MR) is 75.5 cm³/mol. The molecule has 24 heavy (non-hydrogen) atoms. The highest BCUT2D eigenvalue weighted by Gasteiger charge is 2.50. The topological polar surface area (TPSA) is 162 Å². The van der Waals surface area contributed by atoms with E-state index >= 15 is 0 Å². The maximum atomic E-state index is 11.4. The van der Waals surface area contributed by atoms with E-state index in [0.717, 1.165) is 9.80 Å². The lowest BCUT2D eigenvalue weighted by Crippen LogP contribution is -2.44. The first kappa shape index (κ1) is 19.8. The lowest BCUT2D eigenvalue weighted by Gasteiger charge is -2.24. The molecule has 2 rings (SSSR count). The number of aliphatic hydroxyl groups is 4. The Morgan fingerprint density at radius 2 is 1.38 bits per heavy atom. The second-order valence-corrected chi connectivity index (χ2v) is 5.37. The van der Waals surface area contributed by atoms with Crippen molar-refractivity contribution in [1.82, 2.24) is 19.6 Å². The Morgan fingerprint density at radius 3 is 1.62 bits per heavy atom. The average Bonchev–Trinajstić information content (AvgIpc) is 2.90. The van der Waals surface area contributed by atoms with Crippen molar-refractivity contribution in [2.75, 3.05) is 33.5 Å². The van der Waals surface area contributed by atoms with Crippen molar-refractivity contribution in [1.29, 1.82) is 0 Å². The summed E-state index contributed by atoms with van der Waals surface area (Å²) < 4.78 is 0. The zero-order valence-electron chi connectivity index (χ0n) is 13.2. The van der Waals surface area contributed by atoms with E-state index in [1.165, 1.54) is 13.8 Å². The third-order valence-corrected chi connectivity index (χ3v) is 3.63. The Hall–Kier alpha value is -2.28. The summed E-state index contributed by atoms with van der Waals surface area (Å²) >= 11 is 0. The van der Waals surface area contributed by atoms with Crippen molar-refractivity contribution in [3.63, 3.8) is 0 Å². The van der Waals surface area contributed by atoms with E-state index in [2.05, 4.69) is 0 Å². The summed E-state index contributed by atoms with van der Waals surface area (Å²) in [6.45, 7) is 0.551. The van der Waals surface area contributed by atoms with Gasteiger partial charge in [-0.1, -0.05) is 0 Å². The Morgan fingerprint density at radius 1 is 0.833 bits per heavy atom. The van der Waals surface area contributed by atoms with Gasteiger partial charge in [0.25, 0.3) is 11.8 Å². The van der Waals surface area contributed by atoms with Crippen molar-refractivity contribution in [3.05, 3.63) is 0 Å². The van der Waals surface area contributed by atoms with Crippen LogP contribution in [0.2, 0.25) is 0 Å². The first-order valence-corrected chi connectivity index (χ1v) is 6.83. The molecule has 0 aromatic heterocycles. The van der Waals surface area contributed by atoms with Gasteiger partial charge in [-0.15, -0.1) is 0 Å². The molecule has 12 heteroatoms. The van der Waals surface area contributed by atoms with Gasteiger partial charge in [0.15, 0.2) is 0 Å². The molecule has 136 valence electrons. The van der Waals surface area contributed by atoms with Crippen LogP contribution < -0.4 is 0 Å².